The summed E-state index contributed by atoms with van der Waals surface area (Å²) in [4.78, 5) is 6.00. The Labute approximate surface area is 109 Å². The Balaban J connectivity index is 1.80. The van der Waals surface area contributed by atoms with E-state index >= 15 is 0 Å². The number of halogens is 3. The zero-order chi connectivity index (χ0) is 13.5. The normalized spacial score (nSPS) is 30.4. The molecule has 1 aromatic heterocycles. The van der Waals surface area contributed by atoms with Crippen LogP contribution in [0.1, 0.15) is 18.4 Å². The number of hydrogen-bond donors (Lipinski definition) is 0. The first-order valence-corrected chi connectivity index (χ1v) is 6.45. The third-order valence-electron chi connectivity index (χ3n) is 3.94. The Morgan fingerprint density at radius 1 is 1.26 bits per heavy atom. The Morgan fingerprint density at radius 3 is 2.58 bits per heavy atom. The molecule has 3 fully saturated rings. The van der Waals surface area contributed by atoms with E-state index in [1.54, 1.807) is 0 Å². The van der Waals surface area contributed by atoms with Crippen molar-refractivity contribution < 1.29 is 17.9 Å². The van der Waals surface area contributed by atoms with Gasteiger partial charge in [0.2, 0.25) is 5.88 Å². The van der Waals surface area contributed by atoms with Crippen molar-refractivity contribution in [3.8, 4) is 5.88 Å². The molecule has 1 unspecified atom stereocenters. The van der Waals surface area contributed by atoms with E-state index in [4.69, 9.17) is 4.74 Å². The van der Waals surface area contributed by atoms with Gasteiger partial charge in [-0.2, -0.15) is 13.2 Å². The molecule has 3 saturated heterocycles. The topological polar surface area (TPSA) is 25.4 Å². The predicted molar refractivity (Wildman–Crippen MR) is 62.8 cm³/mol. The van der Waals surface area contributed by atoms with Crippen molar-refractivity contribution in [3.63, 3.8) is 0 Å². The quantitative estimate of drug-likeness (QED) is 0.827. The summed E-state index contributed by atoms with van der Waals surface area (Å²) in [5, 5.41) is 0. The van der Waals surface area contributed by atoms with Crippen LogP contribution in [0.4, 0.5) is 13.2 Å². The Bertz CT molecular complexity index is 455. The van der Waals surface area contributed by atoms with Gasteiger partial charge >= 0.3 is 6.18 Å². The van der Waals surface area contributed by atoms with Crippen LogP contribution >= 0.6 is 0 Å². The van der Waals surface area contributed by atoms with Gasteiger partial charge in [0.05, 0.1) is 0 Å². The zero-order valence-corrected chi connectivity index (χ0v) is 10.4. The molecule has 4 rings (SSSR count). The minimum atomic E-state index is -4.42. The zero-order valence-electron chi connectivity index (χ0n) is 10.4. The largest absolute Gasteiger partial charge is 0.472 e. The van der Waals surface area contributed by atoms with Gasteiger partial charge in [-0.3, -0.25) is 4.90 Å². The van der Waals surface area contributed by atoms with Crippen molar-refractivity contribution >= 4 is 0 Å². The molecule has 0 saturated carbocycles. The predicted octanol–water partition coefficient (Wildman–Crippen LogP) is 2.57. The SMILES string of the molecule is FC(F)(F)c1cccnc1OC1CN2CCC1CC2. The molecular formula is C13H15F3N2O. The molecule has 2 bridgehead atoms. The summed E-state index contributed by atoms with van der Waals surface area (Å²) in [6, 6.07) is 2.30. The molecule has 0 amide bonds. The number of pyridine rings is 1. The van der Waals surface area contributed by atoms with E-state index in [0.717, 1.165) is 32.0 Å². The van der Waals surface area contributed by atoms with Crippen LogP contribution in [-0.4, -0.2) is 35.6 Å². The number of hydrogen-bond acceptors (Lipinski definition) is 3. The number of nitrogens with zero attached hydrogens (tertiary/aromatic N) is 2. The van der Waals surface area contributed by atoms with Crippen LogP contribution in [0, 0.1) is 5.92 Å². The molecule has 0 aromatic carbocycles. The van der Waals surface area contributed by atoms with E-state index in [0.29, 0.717) is 12.5 Å². The van der Waals surface area contributed by atoms with Gasteiger partial charge in [0, 0.05) is 12.7 Å². The van der Waals surface area contributed by atoms with E-state index in [9.17, 15) is 13.2 Å². The first-order valence-electron chi connectivity index (χ1n) is 6.45. The summed E-state index contributed by atoms with van der Waals surface area (Å²) in [5.74, 6) is 0.0711. The maximum atomic E-state index is 12.9. The summed E-state index contributed by atoms with van der Waals surface area (Å²) in [5.41, 5.74) is -0.786. The molecule has 19 heavy (non-hydrogen) atoms. The lowest BCUT2D eigenvalue weighted by Crippen LogP contribution is -2.52. The fourth-order valence-electron chi connectivity index (χ4n) is 2.89. The number of alkyl halides is 3. The lowest BCUT2D eigenvalue weighted by molar-refractivity contribution is -0.140. The van der Waals surface area contributed by atoms with Crippen LogP contribution in [-0.2, 0) is 6.18 Å². The average Bonchev–Trinajstić information content (AvgIpc) is 2.39. The van der Waals surface area contributed by atoms with Crippen LogP contribution in [0.5, 0.6) is 5.88 Å². The minimum absolute atomic E-state index is 0.168. The molecule has 0 radical (unpaired) electrons. The van der Waals surface area contributed by atoms with E-state index in [2.05, 4.69) is 9.88 Å². The first kappa shape index (κ1) is 12.7. The second-order valence-electron chi connectivity index (χ2n) is 5.15. The molecule has 6 heteroatoms. The molecular weight excluding hydrogens is 257 g/mol. The highest BCUT2D eigenvalue weighted by molar-refractivity contribution is 5.28. The van der Waals surface area contributed by atoms with Crippen LogP contribution in [0.2, 0.25) is 0 Å². The van der Waals surface area contributed by atoms with Gasteiger partial charge in [0.25, 0.3) is 0 Å². The third-order valence-corrected chi connectivity index (χ3v) is 3.94. The maximum Gasteiger partial charge on any atom is 0.421 e. The van der Waals surface area contributed by atoms with Crippen molar-refractivity contribution in [1.29, 1.82) is 0 Å². The molecule has 4 heterocycles. The van der Waals surface area contributed by atoms with Crippen molar-refractivity contribution in [2.24, 2.45) is 5.92 Å². The highest BCUT2D eigenvalue weighted by Crippen LogP contribution is 2.37. The Hall–Kier alpha value is -1.30. The summed E-state index contributed by atoms with van der Waals surface area (Å²) in [6.45, 7) is 2.76. The van der Waals surface area contributed by atoms with Crippen molar-refractivity contribution in [3.05, 3.63) is 23.9 Å². The number of piperidine rings is 3. The van der Waals surface area contributed by atoms with Gasteiger partial charge in [-0.25, -0.2) is 4.98 Å². The lowest BCUT2D eigenvalue weighted by Gasteiger charge is -2.44. The monoisotopic (exact) mass is 272 g/mol. The number of fused-ring (bicyclic) bond motifs is 3. The second-order valence-corrected chi connectivity index (χ2v) is 5.15. The molecule has 0 spiro atoms. The fraction of sp³-hybridized carbons (Fsp3) is 0.615. The average molecular weight is 272 g/mol. The van der Waals surface area contributed by atoms with Gasteiger partial charge in [-0.1, -0.05) is 0 Å². The minimum Gasteiger partial charge on any atom is -0.472 e. The third kappa shape index (κ3) is 2.54. The Kier molecular flexibility index (Phi) is 3.12. The molecule has 1 aromatic rings. The van der Waals surface area contributed by atoms with Crippen molar-refractivity contribution in [2.45, 2.75) is 25.1 Å². The molecule has 3 aliphatic heterocycles. The van der Waals surface area contributed by atoms with Gasteiger partial charge in [-0.05, 0) is 44.0 Å². The second kappa shape index (κ2) is 4.67. The van der Waals surface area contributed by atoms with Gasteiger partial charge in [0.1, 0.15) is 11.7 Å². The van der Waals surface area contributed by atoms with Gasteiger partial charge < -0.3 is 4.74 Å². The lowest BCUT2D eigenvalue weighted by atomic mass is 9.86. The summed E-state index contributed by atoms with van der Waals surface area (Å²) >= 11 is 0. The molecule has 0 aliphatic carbocycles. The maximum absolute atomic E-state index is 12.9. The highest BCUT2D eigenvalue weighted by atomic mass is 19.4. The van der Waals surface area contributed by atoms with Crippen LogP contribution in [0.3, 0.4) is 0 Å². The number of ether oxygens (including phenoxy) is 1. The van der Waals surface area contributed by atoms with Crippen LogP contribution < -0.4 is 4.74 Å². The van der Waals surface area contributed by atoms with E-state index in [-0.39, 0.29) is 12.0 Å². The van der Waals surface area contributed by atoms with Gasteiger partial charge in [-0.15, -0.1) is 0 Å². The van der Waals surface area contributed by atoms with E-state index < -0.39 is 11.7 Å². The van der Waals surface area contributed by atoms with E-state index in [1.165, 1.54) is 12.3 Å². The molecule has 3 nitrogen and oxygen atoms in total. The van der Waals surface area contributed by atoms with E-state index in [1.807, 2.05) is 0 Å². The standard InChI is InChI=1S/C13H15F3N2O/c14-13(15,16)10-2-1-5-17-12(10)19-11-8-18-6-3-9(11)4-7-18/h1-2,5,9,11H,3-4,6-8H2. The Morgan fingerprint density at radius 2 is 2.00 bits per heavy atom. The number of aromatic nitrogens is 1. The molecule has 3 aliphatic rings. The molecule has 1 atom stereocenters. The highest BCUT2D eigenvalue weighted by Gasteiger charge is 2.39. The van der Waals surface area contributed by atoms with Crippen molar-refractivity contribution in [2.75, 3.05) is 19.6 Å². The summed E-state index contributed by atoms with van der Waals surface area (Å²) in [6.07, 6.45) is -1.25. The summed E-state index contributed by atoms with van der Waals surface area (Å²) in [7, 11) is 0. The van der Waals surface area contributed by atoms with Crippen molar-refractivity contribution in [1.82, 2.24) is 9.88 Å². The van der Waals surface area contributed by atoms with Crippen LogP contribution in [0.15, 0.2) is 18.3 Å². The molecule has 0 N–H and O–H groups in total. The van der Waals surface area contributed by atoms with Gasteiger partial charge in [0.15, 0.2) is 0 Å². The summed E-state index contributed by atoms with van der Waals surface area (Å²) < 4.78 is 44.2. The number of rotatable bonds is 2. The first-order chi connectivity index (χ1) is 9.04. The van der Waals surface area contributed by atoms with Crippen LogP contribution in [0.25, 0.3) is 0 Å². The smallest absolute Gasteiger partial charge is 0.421 e. The molecule has 104 valence electrons. The fourth-order valence-corrected chi connectivity index (χ4v) is 2.89.